The Bertz CT molecular complexity index is 1030. The van der Waals surface area contributed by atoms with Gasteiger partial charge in [-0.3, -0.25) is 4.79 Å². The van der Waals surface area contributed by atoms with Gasteiger partial charge in [0.25, 0.3) is 5.91 Å². The minimum absolute atomic E-state index is 0.107. The van der Waals surface area contributed by atoms with Gasteiger partial charge >= 0.3 is 0 Å². The molecule has 7 heteroatoms. The van der Waals surface area contributed by atoms with E-state index in [-0.39, 0.29) is 21.4 Å². The number of aromatic nitrogens is 1. The van der Waals surface area contributed by atoms with Crippen LogP contribution in [0.1, 0.15) is 15.9 Å². The molecule has 0 atom stereocenters. The van der Waals surface area contributed by atoms with Crippen molar-refractivity contribution in [2.75, 3.05) is 5.32 Å². The number of halogens is 1. The highest BCUT2D eigenvalue weighted by Crippen LogP contribution is 2.20. The Morgan fingerprint density at radius 2 is 1.62 bits per heavy atom. The first-order chi connectivity index (χ1) is 12.4. The Morgan fingerprint density at radius 3 is 2.19 bits per heavy atom. The van der Waals surface area contributed by atoms with Crippen molar-refractivity contribution in [3.8, 4) is 0 Å². The number of hydrogen-bond donors (Lipinski definition) is 1. The van der Waals surface area contributed by atoms with Gasteiger partial charge in [0, 0.05) is 16.9 Å². The summed E-state index contributed by atoms with van der Waals surface area (Å²) < 4.78 is 25.1. The highest BCUT2D eigenvalue weighted by Gasteiger charge is 2.19. The van der Waals surface area contributed by atoms with Crippen molar-refractivity contribution >= 4 is 33.0 Å². The van der Waals surface area contributed by atoms with Crippen LogP contribution in [0.2, 0.25) is 5.02 Å². The van der Waals surface area contributed by atoms with E-state index in [2.05, 4.69) is 10.3 Å². The fourth-order valence-corrected chi connectivity index (χ4v) is 3.55. The molecule has 3 rings (SSSR count). The molecule has 2 aromatic carbocycles. The molecule has 5 nitrogen and oxygen atoms in total. The maximum Gasteiger partial charge on any atom is 0.257 e. The van der Waals surface area contributed by atoms with Gasteiger partial charge in [0.15, 0.2) is 5.03 Å². The normalized spacial score (nSPS) is 11.2. The maximum atomic E-state index is 12.6. The lowest BCUT2D eigenvalue weighted by atomic mass is 10.2. The largest absolute Gasteiger partial charge is 0.322 e. The van der Waals surface area contributed by atoms with Gasteiger partial charge in [0.05, 0.1) is 10.5 Å². The molecule has 0 saturated heterocycles. The van der Waals surface area contributed by atoms with E-state index in [4.69, 9.17) is 11.6 Å². The van der Waals surface area contributed by atoms with Crippen molar-refractivity contribution < 1.29 is 13.2 Å². The van der Waals surface area contributed by atoms with Gasteiger partial charge in [-0.15, -0.1) is 0 Å². The maximum absolute atomic E-state index is 12.6. The van der Waals surface area contributed by atoms with Crippen LogP contribution in [-0.4, -0.2) is 19.3 Å². The third kappa shape index (κ3) is 3.92. The van der Waals surface area contributed by atoms with E-state index in [1.165, 1.54) is 30.5 Å². The summed E-state index contributed by atoms with van der Waals surface area (Å²) in [6.45, 7) is 1.88. The SMILES string of the molecule is Cc1ccc(S(=O)(=O)c2ccc(C(=O)Nc3ccc(Cl)cc3)cn2)cc1. The predicted molar refractivity (Wildman–Crippen MR) is 100 cm³/mol. The summed E-state index contributed by atoms with van der Waals surface area (Å²) in [5.41, 5.74) is 1.80. The average molecular weight is 387 g/mol. The third-order valence-electron chi connectivity index (χ3n) is 3.71. The minimum atomic E-state index is -3.72. The Morgan fingerprint density at radius 1 is 0.962 bits per heavy atom. The van der Waals surface area contributed by atoms with Crippen LogP contribution in [0, 0.1) is 6.92 Å². The first-order valence-corrected chi connectivity index (χ1v) is 9.57. The molecule has 1 amide bonds. The van der Waals surface area contributed by atoms with Gasteiger partial charge in [-0.1, -0.05) is 29.3 Å². The minimum Gasteiger partial charge on any atom is -0.322 e. The fraction of sp³-hybridized carbons (Fsp3) is 0.0526. The molecule has 0 saturated carbocycles. The highest BCUT2D eigenvalue weighted by atomic mass is 35.5. The van der Waals surface area contributed by atoms with Crippen molar-refractivity contribution in [3.05, 3.63) is 83.0 Å². The average Bonchev–Trinajstić information content (AvgIpc) is 2.64. The third-order valence-corrected chi connectivity index (χ3v) is 5.64. The second-order valence-electron chi connectivity index (χ2n) is 5.66. The van der Waals surface area contributed by atoms with Gasteiger partial charge in [-0.25, -0.2) is 13.4 Å². The van der Waals surface area contributed by atoms with Gasteiger partial charge in [-0.05, 0) is 55.5 Å². The summed E-state index contributed by atoms with van der Waals surface area (Å²) in [5, 5.41) is 3.15. The molecular weight excluding hydrogens is 372 g/mol. The highest BCUT2D eigenvalue weighted by molar-refractivity contribution is 7.91. The van der Waals surface area contributed by atoms with Crippen LogP contribution in [0.15, 0.2) is 76.8 Å². The summed E-state index contributed by atoms with van der Waals surface area (Å²) in [7, 11) is -3.72. The van der Waals surface area contributed by atoms with Crippen molar-refractivity contribution in [1.82, 2.24) is 4.98 Å². The first kappa shape index (κ1) is 18.1. The Balaban J connectivity index is 1.80. The predicted octanol–water partition coefficient (Wildman–Crippen LogP) is 4.13. The van der Waals surface area contributed by atoms with Crippen LogP contribution >= 0.6 is 11.6 Å². The van der Waals surface area contributed by atoms with Crippen LogP contribution < -0.4 is 5.32 Å². The number of nitrogens with one attached hydrogen (secondary N) is 1. The number of rotatable bonds is 4. The molecule has 0 aliphatic carbocycles. The second-order valence-corrected chi connectivity index (χ2v) is 8.00. The summed E-state index contributed by atoms with van der Waals surface area (Å²) >= 11 is 5.80. The van der Waals surface area contributed by atoms with E-state index >= 15 is 0 Å². The second kappa shape index (κ2) is 7.27. The number of anilines is 1. The standard InChI is InChI=1S/C19H15ClN2O3S/c1-13-2-9-17(10-3-13)26(24,25)18-11-4-14(12-21-18)19(23)22-16-7-5-15(20)6-8-16/h2-12H,1H3,(H,22,23). The quantitative estimate of drug-likeness (QED) is 0.731. The lowest BCUT2D eigenvalue weighted by molar-refractivity contribution is 0.102. The van der Waals surface area contributed by atoms with Crippen LogP contribution in [-0.2, 0) is 9.84 Å². The molecule has 0 aliphatic heterocycles. The van der Waals surface area contributed by atoms with Crippen LogP contribution in [0.3, 0.4) is 0 Å². The van der Waals surface area contributed by atoms with Crippen molar-refractivity contribution in [3.63, 3.8) is 0 Å². The lowest BCUT2D eigenvalue weighted by Gasteiger charge is -2.07. The fourth-order valence-electron chi connectivity index (χ4n) is 2.25. The Labute approximate surface area is 156 Å². The molecule has 0 unspecified atom stereocenters. The molecule has 132 valence electrons. The van der Waals surface area contributed by atoms with E-state index in [0.29, 0.717) is 10.7 Å². The molecule has 0 bridgehead atoms. The summed E-state index contributed by atoms with van der Waals surface area (Å²) in [4.78, 5) is 16.4. The monoisotopic (exact) mass is 386 g/mol. The summed E-state index contributed by atoms with van der Waals surface area (Å²) in [6.07, 6.45) is 1.24. The van der Waals surface area contributed by atoms with Gasteiger partial charge in [0.2, 0.25) is 9.84 Å². The zero-order valence-electron chi connectivity index (χ0n) is 13.8. The molecule has 3 aromatic rings. The number of aryl methyl sites for hydroxylation is 1. The number of benzene rings is 2. The molecule has 0 spiro atoms. The number of carbonyl (C=O) groups excluding carboxylic acids is 1. The molecular formula is C19H15ClN2O3S. The smallest absolute Gasteiger partial charge is 0.257 e. The van der Waals surface area contributed by atoms with Crippen molar-refractivity contribution in [2.45, 2.75) is 16.8 Å². The van der Waals surface area contributed by atoms with Gasteiger partial charge < -0.3 is 5.32 Å². The van der Waals surface area contributed by atoms with E-state index in [0.717, 1.165) is 5.56 Å². The first-order valence-electron chi connectivity index (χ1n) is 7.71. The van der Waals surface area contributed by atoms with Gasteiger partial charge in [0.1, 0.15) is 0 Å². The summed E-state index contributed by atoms with van der Waals surface area (Å²) in [5.74, 6) is -0.390. The van der Waals surface area contributed by atoms with Crippen LogP contribution in [0.4, 0.5) is 5.69 Å². The van der Waals surface area contributed by atoms with Crippen LogP contribution in [0.5, 0.6) is 0 Å². The molecule has 1 N–H and O–H groups in total. The van der Waals surface area contributed by atoms with Gasteiger partial charge in [-0.2, -0.15) is 0 Å². The van der Waals surface area contributed by atoms with E-state index in [9.17, 15) is 13.2 Å². The molecule has 0 radical (unpaired) electrons. The zero-order valence-corrected chi connectivity index (χ0v) is 15.4. The number of carbonyl (C=O) groups is 1. The molecule has 0 fully saturated rings. The Kier molecular flexibility index (Phi) is 5.06. The zero-order chi connectivity index (χ0) is 18.7. The molecule has 1 aromatic heterocycles. The van der Waals surface area contributed by atoms with Crippen molar-refractivity contribution in [2.24, 2.45) is 0 Å². The molecule has 26 heavy (non-hydrogen) atoms. The number of hydrogen-bond acceptors (Lipinski definition) is 4. The van der Waals surface area contributed by atoms with E-state index < -0.39 is 9.84 Å². The number of nitrogens with zero attached hydrogens (tertiary/aromatic N) is 1. The topological polar surface area (TPSA) is 76.1 Å². The van der Waals surface area contributed by atoms with E-state index in [1.807, 2.05) is 6.92 Å². The van der Waals surface area contributed by atoms with E-state index in [1.54, 1.807) is 36.4 Å². The molecule has 0 aliphatic rings. The number of sulfone groups is 1. The molecule has 1 heterocycles. The Hall–Kier alpha value is -2.70. The summed E-state index contributed by atoms with van der Waals surface area (Å²) in [6, 6.07) is 15.9. The number of pyridine rings is 1. The number of amides is 1. The van der Waals surface area contributed by atoms with Crippen LogP contribution in [0.25, 0.3) is 0 Å². The van der Waals surface area contributed by atoms with Crippen molar-refractivity contribution in [1.29, 1.82) is 0 Å². The lowest BCUT2D eigenvalue weighted by Crippen LogP contribution is -2.13.